The Kier molecular flexibility index (Phi) is 10.9. The van der Waals surface area contributed by atoms with E-state index in [1.165, 1.54) is 0 Å². The molecule has 6 aliphatic heterocycles. The number of hydrogen-bond acceptors (Lipinski definition) is 12. The lowest BCUT2D eigenvalue weighted by molar-refractivity contribution is -0.177. The van der Waals surface area contributed by atoms with Crippen LogP contribution in [-0.2, 0) is 14.2 Å². The molecule has 0 radical (unpaired) electrons. The highest BCUT2D eigenvalue weighted by Gasteiger charge is 2.45. The second-order valence-electron chi connectivity index (χ2n) is 9.97. The van der Waals surface area contributed by atoms with Crippen molar-refractivity contribution in [3.05, 3.63) is 0 Å². The molecule has 15 atom stereocenters. The molecule has 0 aromatic heterocycles. The van der Waals surface area contributed by atoms with Crippen LogP contribution >= 0.6 is 0 Å². The van der Waals surface area contributed by atoms with E-state index in [4.69, 9.17) is 14.2 Å². The molecule has 12 nitrogen and oxygen atoms in total. The molecule has 1 aliphatic carbocycles. The van der Waals surface area contributed by atoms with Crippen molar-refractivity contribution in [1.29, 1.82) is 0 Å². The van der Waals surface area contributed by atoms with Gasteiger partial charge in [0.05, 0.1) is 74.2 Å². The lowest BCUT2D eigenvalue weighted by Crippen LogP contribution is -2.54. The maximum atomic E-state index is 10.7. The number of aliphatic hydroxyl groups is 9. The Bertz CT molecular complexity index is 1350. The van der Waals surface area contributed by atoms with Gasteiger partial charge < -0.3 is 60.2 Å². The lowest BCUT2D eigenvalue weighted by Gasteiger charge is -2.38. The number of rotatable bonds is 3. The number of fused-ring (bicyclic) bond motifs is 2. The first kappa shape index (κ1) is 31.8. The molecule has 6 heterocycles. The van der Waals surface area contributed by atoms with Crippen LogP contribution in [0.1, 0.15) is 0 Å². The van der Waals surface area contributed by atoms with Crippen molar-refractivity contribution in [1.82, 2.24) is 0 Å². The van der Waals surface area contributed by atoms with Crippen LogP contribution in [0.4, 0.5) is 0 Å². The Balaban J connectivity index is 1.73. The number of aliphatic hydroxyl groups excluding tert-OH is 9. The summed E-state index contributed by atoms with van der Waals surface area (Å²) in [5, 5.41) is 93.0. The first-order valence-corrected chi connectivity index (χ1v) is 13.1. The maximum absolute atomic E-state index is 10.7. The predicted molar refractivity (Wildman–Crippen MR) is 140 cm³/mol. The fraction of sp³-hybridized carbons (Fsp3) is 0.600. The van der Waals surface area contributed by atoms with Crippen molar-refractivity contribution in [3.63, 3.8) is 0 Å². The van der Waals surface area contributed by atoms with E-state index in [0.717, 1.165) is 0 Å². The molecule has 0 aromatic rings. The van der Waals surface area contributed by atoms with Gasteiger partial charge >= 0.3 is 0 Å². The smallest absolute Gasteiger partial charge is 0.148 e. The van der Waals surface area contributed by atoms with E-state index in [0.29, 0.717) is 0 Å². The topological polar surface area (TPSA) is 210 Å². The molecule has 3 saturated heterocycles. The van der Waals surface area contributed by atoms with Crippen LogP contribution in [0.2, 0.25) is 0 Å². The van der Waals surface area contributed by atoms with Gasteiger partial charge in [0.25, 0.3) is 0 Å². The molecule has 42 heavy (non-hydrogen) atoms. The van der Waals surface area contributed by atoms with Crippen LogP contribution in [-0.4, -0.2) is 139 Å². The van der Waals surface area contributed by atoms with Gasteiger partial charge in [0.2, 0.25) is 0 Å². The molecule has 7 aliphatic rings. The van der Waals surface area contributed by atoms with Crippen molar-refractivity contribution in [2.24, 2.45) is 17.8 Å². The lowest BCUT2D eigenvalue weighted by atomic mass is 9.86. The molecule has 6 bridgehead atoms. The van der Waals surface area contributed by atoms with E-state index in [9.17, 15) is 46.0 Å². The van der Waals surface area contributed by atoms with E-state index < -0.39 is 111 Å². The Labute approximate surface area is 242 Å². The van der Waals surface area contributed by atoms with Crippen molar-refractivity contribution in [2.75, 3.05) is 19.8 Å². The summed E-state index contributed by atoms with van der Waals surface area (Å²) in [6.07, 6.45) is -16.1. The molecule has 9 N–H and O–H groups in total. The largest absolute Gasteiger partial charge is 0.394 e. The highest BCUT2D eigenvalue weighted by molar-refractivity contribution is 5.35. The van der Waals surface area contributed by atoms with Crippen LogP contribution in [0.15, 0.2) is 0 Å². The Morgan fingerprint density at radius 1 is 0.357 bits per heavy atom. The van der Waals surface area contributed by atoms with Gasteiger partial charge in [-0.2, -0.15) is 0 Å². The number of ether oxygens (including phenoxy) is 3. The molecule has 7 rings (SSSR count). The van der Waals surface area contributed by atoms with Crippen molar-refractivity contribution >= 4 is 0 Å². The second-order valence-corrected chi connectivity index (χ2v) is 9.97. The van der Waals surface area contributed by atoms with E-state index in [2.05, 4.69) is 71.0 Å². The first-order chi connectivity index (χ1) is 20.2. The summed E-state index contributed by atoms with van der Waals surface area (Å²) in [6.45, 7) is -1.74. The fourth-order valence-electron chi connectivity index (χ4n) is 4.94. The minimum atomic E-state index is -1.55. The minimum Gasteiger partial charge on any atom is -0.394 e. The monoisotopic (exact) mass is 582 g/mol. The van der Waals surface area contributed by atoms with Gasteiger partial charge in [-0.3, -0.25) is 0 Å². The zero-order valence-corrected chi connectivity index (χ0v) is 22.0. The van der Waals surface area contributed by atoms with E-state index >= 15 is 0 Å². The van der Waals surface area contributed by atoms with E-state index in [1.54, 1.807) is 0 Å². The zero-order valence-electron chi connectivity index (χ0n) is 22.0. The van der Waals surface area contributed by atoms with Crippen LogP contribution in [0.25, 0.3) is 0 Å². The maximum Gasteiger partial charge on any atom is 0.148 e. The second kappa shape index (κ2) is 14.4. The van der Waals surface area contributed by atoms with Gasteiger partial charge in [-0.15, -0.1) is 0 Å². The molecule has 0 spiro atoms. The Morgan fingerprint density at radius 3 is 0.833 bits per heavy atom. The van der Waals surface area contributed by atoms with E-state index in [1.807, 2.05) is 0 Å². The van der Waals surface area contributed by atoms with Gasteiger partial charge in [0, 0.05) is 0 Å². The summed E-state index contributed by atoms with van der Waals surface area (Å²) in [5.41, 5.74) is 0. The number of hydrogen-bond donors (Lipinski definition) is 9. The molecule has 0 aromatic carbocycles. The normalized spacial score (nSPS) is 44.1. The van der Waals surface area contributed by atoms with Crippen molar-refractivity contribution in [3.8, 4) is 71.0 Å². The van der Waals surface area contributed by atoms with Gasteiger partial charge in [-0.05, 0) is 35.5 Å². The summed E-state index contributed by atoms with van der Waals surface area (Å²) < 4.78 is 16.8. The highest BCUT2D eigenvalue weighted by Crippen LogP contribution is 2.28. The van der Waals surface area contributed by atoms with Gasteiger partial charge in [0.15, 0.2) is 0 Å². The summed E-state index contributed by atoms with van der Waals surface area (Å²) in [6, 6.07) is 0. The van der Waals surface area contributed by atoms with Gasteiger partial charge in [-0.1, -0.05) is 35.5 Å². The molecular formula is C30H30O12. The van der Waals surface area contributed by atoms with Crippen LogP contribution in [0.3, 0.4) is 0 Å². The predicted octanol–water partition coefficient (Wildman–Crippen LogP) is -5.69. The summed E-state index contributed by atoms with van der Waals surface area (Å²) >= 11 is 0. The van der Waals surface area contributed by atoms with Crippen LogP contribution in [0.5, 0.6) is 0 Å². The van der Waals surface area contributed by atoms with Gasteiger partial charge in [0.1, 0.15) is 36.6 Å². The van der Waals surface area contributed by atoms with Crippen molar-refractivity contribution in [2.45, 2.75) is 73.2 Å². The summed E-state index contributed by atoms with van der Waals surface area (Å²) in [4.78, 5) is 0. The quantitative estimate of drug-likeness (QED) is 0.143. The standard InChI is InChI=1S/C30H30O12/c31-13-22-16-7-1-2-8-17-23(14-32)41-20(29(38)26(17)35)11-5-6-12-21-30(39)27(36)18(24(15-33)42-21)9-3-4-10-19(40-22)28(37)25(16)34/h16-39H,13-15H2/t16-,17+,18+,19-,20+,21+,22-,23+,24+,25+,26-,27-,28+,29-,30-/m0/s1. The van der Waals surface area contributed by atoms with Crippen molar-refractivity contribution < 1.29 is 60.2 Å². The third kappa shape index (κ3) is 6.75. The minimum absolute atomic E-state index is 0.579. The Morgan fingerprint density at radius 2 is 0.595 bits per heavy atom. The van der Waals surface area contributed by atoms with E-state index in [-0.39, 0.29) is 0 Å². The molecule has 0 amide bonds. The fourth-order valence-corrected chi connectivity index (χ4v) is 4.94. The molecule has 222 valence electrons. The molecule has 12 heteroatoms. The molecule has 0 unspecified atom stereocenters. The first-order valence-electron chi connectivity index (χ1n) is 13.1. The molecule has 3 fully saturated rings. The third-order valence-electron chi connectivity index (χ3n) is 7.34. The Hall–Kier alpha value is -3.12. The highest BCUT2D eigenvalue weighted by atomic mass is 16.5. The third-order valence-corrected chi connectivity index (χ3v) is 7.34. The average Bonchev–Trinajstić information content (AvgIpc) is 2.99. The van der Waals surface area contributed by atoms with Crippen LogP contribution in [0, 0.1) is 88.8 Å². The summed E-state index contributed by atoms with van der Waals surface area (Å²) in [7, 11) is 0. The zero-order chi connectivity index (χ0) is 30.4. The molecule has 0 saturated carbocycles. The molecular weight excluding hydrogens is 552 g/mol. The summed E-state index contributed by atoms with van der Waals surface area (Å²) in [5.74, 6) is 27.0. The average molecular weight is 583 g/mol. The van der Waals surface area contributed by atoms with Gasteiger partial charge in [-0.25, -0.2) is 0 Å². The van der Waals surface area contributed by atoms with Crippen LogP contribution < -0.4 is 0 Å². The SMILES string of the molecule is OC[C@@H]1O[C@H]2C#CC#C[C@H]3[C@H](O)[C@@H](O)[C@@H](C#CC#C[C@H]4O[C@H](CO)[C@@H](C#CC#C[C@@H]1[C@@H](O)[C@@H]2O)[C@H](O)[C@H]4O)O[C@@H]3CO.